The smallest absolute Gasteiger partial charge is 0.257 e. The molecule has 0 spiro atoms. The Morgan fingerprint density at radius 3 is 2.24 bits per heavy atom. The van der Waals surface area contributed by atoms with Gasteiger partial charge in [0.15, 0.2) is 0 Å². The van der Waals surface area contributed by atoms with E-state index in [0.29, 0.717) is 18.0 Å². The number of carbonyl (C=O) groups excluding carboxylic acids is 3. The molecule has 2 fully saturated rings. The summed E-state index contributed by atoms with van der Waals surface area (Å²) in [4.78, 5) is 42.2. The first-order chi connectivity index (χ1) is 13.9. The van der Waals surface area contributed by atoms with Crippen LogP contribution in [0, 0.1) is 0 Å². The Bertz CT molecular complexity index is 733. The van der Waals surface area contributed by atoms with Crippen LogP contribution < -0.4 is 4.90 Å². The zero-order valence-electron chi connectivity index (χ0n) is 18.0. The van der Waals surface area contributed by atoms with E-state index in [9.17, 15) is 14.4 Å². The van der Waals surface area contributed by atoms with Crippen LogP contribution in [-0.4, -0.2) is 34.7 Å². The molecular weight excluding hydrogens is 364 g/mol. The summed E-state index contributed by atoms with van der Waals surface area (Å²) in [7, 11) is 0. The third kappa shape index (κ3) is 4.71. The number of nitrogens with zero attached hydrogens (tertiary/aromatic N) is 2. The standard InChI is InChI=1S/C24H34N2O3/c1-4-9-22(27)25(19-10-7-5-6-8-11-19)21-16-23(28)26(24(21)29)20-14-12-18(13-15-20)17(2)3/h12-15,17,19,21H,4-11,16H2,1-3H3. The lowest BCUT2D eigenvalue weighted by molar-refractivity contribution is -0.141. The van der Waals surface area contributed by atoms with Crippen molar-refractivity contribution in [2.45, 2.75) is 96.6 Å². The molecule has 1 aliphatic carbocycles. The first-order valence-corrected chi connectivity index (χ1v) is 11.2. The molecule has 1 aromatic carbocycles. The molecule has 5 nitrogen and oxygen atoms in total. The van der Waals surface area contributed by atoms with Gasteiger partial charge in [0.1, 0.15) is 6.04 Å². The summed E-state index contributed by atoms with van der Waals surface area (Å²) in [6.07, 6.45) is 7.64. The van der Waals surface area contributed by atoms with Crippen molar-refractivity contribution >= 4 is 23.4 Å². The Morgan fingerprint density at radius 1 is 1.07 bits per heavy atom. The Kier molecular flexibility index (Phi) is 7.09. The van der Waals surface area contributed by atoms with Crippen molar-refractivity contribution in [1.82, 2.24) is 4.90 Å². The fourth-order valence-corrected chi connectivity index (χ4v) is 4.62. The second-order valence-corrected chi connectivity index (χ2v) is 8.73. The van der Waals surface area contributed by atoms with Gasteiger partial charge in [-0.15, -0.1) is 0 Å². The van der Waals surface area contributed by atoms with Gasteiger partial charge >= 0.3 is 0 Å². The second kappa shape index (κ2) is 9.55. The maximum absolute atomic E-state index is 13.3. The lowest BCUT2D eigenvalue weighted by Crippen LogP contribution is -2.50. The van der Waals surface area contributed by atoms with E-state index >= 15 is 0 Å². The molecule has 0 N–H and O–H groups in total. The number of carbonyl (C=O) groups is 3. The van der Waals surface area contributed by atoms with Gasteiger partial charge in [0, 0.05) is 12.5 Å². The van der Waals surface area contributed by atoms with E-state index in [0.717, 1.165) is 32.1 Å². The van der Waals surface area contributed by atoms with E-state index in [4.69, 9.17) is 0 Å². The molecule has 0 aromatic heterocycles. The van der Waals surface area contributed by atoms with Gasteiger partial charge in [-0.25, -0.2) is 4.90 Å². The summed E-state index contributed by atoms with van der Waals surface area (Å²) in [6, 6.07) is 7.05. The lowest BCUT2D eigenvalue weighted by Gasteiger charge is -2.35. The van der Waals surface area contributed by atoms with E-state index in [-0.39, 0.29) is 30.2 Å². The van der Waals surface area contributed by atoms with Gasteiger partial charge in [-0.1, -0.05) is 58.6 Å². The molecular formula is C24H34N2O3. The van der Waals surface area contributed by atoms with Crippen LogP contribution in [0.2, 0.25) is 0 Å². The summed E-state index contributed by atoms with van der Waals surface area (Å²) in [5, 5.41) is 0. The van der Waals surface area contributed by atoms with Crippen molar-refractivity contribution in [1.29, 1.82) is 0 Å². The van der Waals surface area contributed by atoms with Gasteiger partial charge in [0.05, 0.1) is 12.1 Å². The third-order valence-electron chi connectivity index (χ3n) is 6.25. The molecule has 1 unspecified atom stereocenters. The first-order valence-electron chi connectivity index (χ1n) is 11.2. The van der Waals surface area contributed by atoms with Gasteiger partial charge in [-0.05, 0) is 42.9 Å². The third-order valence-corrected chi connectivity index (χ3v) is 6.25. The largest absolute Gasteiger partial charge is 0.327 e. The van der Waals surface area contributed by atoms with Crippen LogP contribution in [-0.2, 0) is 14.4 Å². The van der Waals surface area contributed by atoms with Crippen molar-refractivity contribution < 1.29 is 14.4 Å². The zero-order valence-corrected chi connectivity index (χ0v) is 18.0. The molecule has 1 saturated carbocycles. The minimum Gasteiger partial charge on any atom is -0.327 e. The average Bonchev–Trinajstić information content (AvgIpc) is 2.87. The van der Waals surface area contributed by atoms with Crippen LogP contribution in [0.25, 0.3) is 0 Å². The van der Waals surface area contributed by atoms with Crippen molar-refractivity contribution in [3.05, 3.63) is 29.8 Å². The van der Waals surface area contributed by atoms with E-state index in [2.05, 4.69) is 13.8 Å². The highest BCUT2D eigenvalue weighted by Gasteiger charge is 2.46. The molecule has 3 amide bonds. The molecule has 1 saturated heterocycles. The van der Waals surface area contributed by atoms with Crippen molar-refractivity contribution in [2.75, 3.05) is 4.90 Å². The quantitative estimate of drug-likeness (QED) is 0.511. The fraction of sp³-hybridized carbons (Fsp3) is 0.625. The highest BCUT2D eigenvalue weighted by molar-refractivity contribution is 6.23. The van der Waals surface area contributed by atoms with Crippen LogP contribution in [0.1, 0.15) is 90.0 Å². The first kappa shape index (κ1) is 21.5. The Hall–Kier alpha value is -2.17. The molecule has 0 bridgehead atoms. The number of hydrogen-bond acceptors (Lipinski definition) is 3. The second-order valence-electron chi connectivity index (χ2n) is 8.73. The normalized spacial score (nSPS) is 21.0. The number of anilines is 1. The number of amides is 3. The summed E-state index contributed by atoms with van der Waals surface area (Å²) < 4.78 is 0. The Labute approximate surface area is 174 Å². The van der Waals surface area contributed by atoms with Gasteiger partial charge in [-0.3, -0.25) is 14.4 Å². The van der Waals surface area contributed by atoms with Crippen LogP contribution in [0.15, 0.2) is 24.3 Å². The molecule has 0 radical (unpaired) electrons. The van der Waals surface area contributed by atoms with E-state index < -0.39 is 6.04 Å². The average molecular weight is 399 g/mol. The van der Waals surface area contributed by atoms with Crippen molar-refractivity contribution in [2.24, 2.45) is 0 Å². The molecule has 1 aliphatic heterocycles. The van der Waals surface area contributed by atoms with Crippen LogP contribution in [0.3, 0.4) is 0 Å². The molecule has 5 heteroatoms. The number of benzene rings is 1. The highest BCUT2D eigenvalue weighted by atomic mass is 16.2. The topological polar surface area (TPSA) is 57.7 Å². The van der Waals surface area contributed by atoms with Gasteiger partial charge in [0.25, 0.3) is 5.91 Å². The lowest BCUT2D eigenvalue weighted by atomic mass is 10.0. The molecule has 29 heavy (non-hydrogen) atoms. The minimum atomic E-state index is -0.658. The van der Waals surface area contributed by atoms with Gasteiger partial charge in [0.2, 0.25) is 11.8 Å². The monoisotopic (exact) mass is 398 g/mol. The number of hydrogen-bond donors (Lipinski definition) is 0. The number of imide groups is 1. The summed E-state index contributed by atoms with van der Waals surface area (Å²) >= 11 is 0. The molecule has 158 valence electrons. The fourth-order valence-electron chi connectivity index (χ4n) is 4.62. The Morgan fingerprint density at radius 2 is 1.69 bits per heavy atom. The highest BCUT2D eigenvalue weighted by Crippen LogP contribution is 2.32. The number of rotatable bonds is 6. The Balaban J connectivity index is 1.86. The maximum atomic E-state index is 13.3. The van der Waals surface area contributed by atoms with E-state index in [1.165, 1.54) is 23.3 Å². The predicted molar refractivity (Wildman–Crippen MR) is 115 cm³/mol. The molecule has 3 rings (SSSR count). The zero-order chi connectivity index (χ0) is 21.0. The SMILES string of the molecule is CCCC(=O)N(C1CCCCCC1)C1CC(=O)N(c2ccc(C(C)C)cc2)C1=O. The van der Waals surface area contributed by atoms with E-state index in [1.807, 2.05) is 31.2 Å². The van der Waals surface area contributed by atoms with Crippen molar-refractivity contribution in [3.8, 4) is 0 Å². The van der Waals surface area contributed by atoms with Crippen LogP contribution >= 0.6 is 0 Å². The van der Waals surface area contributed by atoms with Crippen LogP contribution in [0.5, 0.6) is 0 Å². The van der Waals surface area contributed by atoms with E-state index in [1.54, 1.807) is 4.90 Å². The van der Waals surface area contributed by atoms with Crippen LogP contribution in [0.4, 0.5) is 5.69 Å². The summed E-state index contributed by atoms with van der Waals surface area (Å²) in [5.74, 6) is -0.0528. The molecule has 2 aliphatic rings. The summed E-state index contributed by atoms with van der Waals surface area (Å²) in [6.45, 7) is 6.20. The minimum absolute atomic E-state index is 0.0163. The molecule has 1 atom stereocenters. The predicted octanol–water partition coefficient (Wildman–Crippen LogP) is 4.79. The maximum Gasteiger partial charge on any atom is 0.257 e. The molecule has 1 aromatic rings. The van der Waals surface area contributed by atoms with Gasteiger partial charge in [-0.2, -0.15) is 0 Å². The van der Waals surface area contributed by atoms with Gasteiger partial charge < -0.3 is 4.90 Å². The molecule has 1 heterocycles. The summed E-state index contributed by atoms with van der Waals surface area (Å²) in [5.41, 5.74) is 1.78. The van der Waals surface area contributed by atoms with Crippen molar-refractivity contribution in [3.63, 3.8) is 0 Å².